The monoisotopic (exact) mass is 162 g/mol. The van der Waals surface area contributed by atoms with Gasteiger partial charge in [-0.1, -0.05) is 0 Å². The minimum atomic E-state index is -0.642. The summed E-state index contributed by atoms with van der Waals surface area (Å²) in [6.07, 6.45) is -0.726. The molecule has 4 heteroatoms. The Kier molecular flexibility index (Phi) is 5.56. The number of rotatable bonds is 4. The van der Waals surface area contributed by atoms with Crippen LogP contribution in [-0.2, 0) is 14.2 Å². The lowest BCUT2D eigenvalue weighted by Gasteiger charge is -2.09. The van der Waals surface area contributed by atoms with E-state index < -0.39 is 6.16 Å². The zero-order valence-corrected chi connectivity index (χ0v) is 7.12. The molecule has 0 amide bonds. The molecule has 0 saturated heterocycles. The topological polar surface area (TPSA) is 44.8 Å². The Morgan fingerprint density at radius 3 is 2.55 bits per heavy atom. The van der Waals surface area contributed by atoms with Crippen molar-refractivity contribution in [2.24, 2.45) is 0 Å². The summed E-state index contributed by atoms with van der Waals surface area (Å²) < 4.78 is 14.0. The summed E-state index contributed by atoms with van der Waals surface area (Å²) in [4.78, 5) is 10.6. The highest BCUT2D eigenvalue weighted by atomic mass is 16.7. The second kappa shape index (κ2) is 5.97. The quantitative estimate of drug-likeness (QED) is 0.582. The van der Waals surface area contributed by atoms with Gasteiger partial charge < -0.3 is 14.2 Å². The third-order valence-electron chi connectivity index (χ3n) is 1.10. The highest BCUT2D eigenvalue weighted by Gasteiger charge is 2.05. The highest BCUT2D eigenvalue weighted by Crippen LogP contribution is 1.91. The maximum Gasteiger partial charge on any atom is 0.508 e. The van der Waals surface area contributed by atoms with Crippen LogP contribution in [0.15, 0.2) is 0 Å². The van der Waals surface area contributed by atoms with Gasteiger partial charge in [0.25, 0.3) is 0 Å². The van der Waals surface area contributed by atoms with E-state index in [0.29, 0.717) is 6.61 Å². The zero-order chi connectivity index (χ0) is 8.69. The van der Waals surface area contributed by atoms with Gasteiger partial charge in [0.1, 0.15) is 6.61 Å². The molecular formula is C7H14O4. The number of ether oxygens (including phenoxy) is 3. The number of carbonyl (C=O) groups excluding carboxylic acids is 1. The Morgan fingerprint density at radius 2 is 2.09 bits per heavy atom. The first kappa shape index (κ1) is 10.2. The van der Waals surface area contributed by atoms with E-state index in [9.17, 15) is 4.79 Å². The van der Waals surface area contributed by atoms with Gasteiger partial charge in [-0.25, -0.2) is 4.79 Å². The molecule has 0 aliphatic heterocycles. The third kappa shape index (κ3) is 5.66. The normalized spacial score (nSPS) is 12.3. The average molecular weight is 162 g/mol. The van der Waals surface area contributed by atoms with Crippen molar-refractivity contribution in [2.75, 3.05) is 20.3 Å². The number of hydrogen-bond acceptors (Lipinski definition) is 4. The summed E-state index contributed by atoms with van der Waals surface area (Å²) >= 11 is 0. The van der Waals surface area contributed by atoms with Gasteiger partial charge in [0.15, 0.2) is 0 Å². The minimum absolute atomic E-state index is 0.0839. The molecule has 0 spiro atoms. The number of hydrogen-bond donors (Lipinski definition) is 0. The van der Waals surface area contributed by atoms with Crippen molar-refractivity contribution in [2.45, 2.75) is 20.0 Å². The fourth-order valence-electron chi connectivity index (χ4n) is 0.413. The van der Waals surface area contributed by atoms with Gasteiger partial charge >= 0.3 is 6.16 Å². The molecule has 0 saturated carbocycles. The Bertz CT molecular complexity index is 113. The second-order valence-electron chi connectivity index (χ2n) is 2.04. The van der Waals surface area contributed by atoms with Crippen LogP contribution in [0.4, 0.5) is 4.79 Å². The largest absolute Gasteiger partial charge is 0.508 e. The van der Waals surface area contributed by atoms with Crippen LogP contribution in [0.3, 0.4) is 0 Å². The lowest BCUT2D eigenvalue weighted by Crippen LogP contribution is -2.18. The van der Waals surface area contributed by atoms with E-state index in [1.54, 1.807) is 21.0 Å². The smallest absolute Gasteiger partial charge is 0.435 e. The van der Waals surface area contributed by atoms with Gasteiger partial charge in [-0.3, -0.25) is 0 Å². The summed E-state index contributed by atoms with van der Waals surface area (Å²) in [7, 11) is 1.55. The van der Waals surface area contributed by atoms with Crippen molar-refractivity contribution in [3.8, 4) is 0 Å². The van der Waals surface area contributed by atoms with Gasteiger partial charge in [0, 0.05) is 7.11 Å². The Labute approximate surface area is 66.4 Å². The van der Waals surface area contributed by atoms with E-state index in [0.717, 1.165) is 0 Å². The minimum Gasteiger partial charge on any atom is -0.435 e. The van der Waals surface area contributed by atoms with Crippen molar-refractivity contribution in [1.29, 1.82) is 0 Å². The number of carbonyl (C=O) groups is 1. The lowest BCUT2D eigenvalue weighted by molar-refractivity contribution is 0.0107. The molecule has 0 N–H and O–H groups in total. The van der Waals surface area contributed by atoms with E-state index in [2.05, 4.69) is 9.47 Å². The lowest BCUT2D eigenvalue weighted by atomic mass is 10.4. The fraction of sp³-hybridized carbons (Fsp3) is 0.857. The SMILES string of the molecule is CCOC(=O)OCC(C)OC. The van der Waals surface area contributed by atoms with Crippen LogP contribution >= 0.6 is 0 Å². The molecule has 0 aromatic heterocycles. The van der Waals surface area contributed by atoms with Crippen LogP contribution < -0.4 is 0 Å². The van der Waals surface area contributed by atoms with Crippen molar-refractivity contribution in [3.05, 3.63) is 0 Å². The fourth-order valence-corrected chi connectivity index (χ4v) is 0.413. The van der Waals surface area contributed by atoms with Crippen LogP contribution in [0.2, 0.25) is 0 Å². The summed E-state index contributed by atoms with van der Waals surface area (Å²) in [6.45, 7) is 4.09. The molecule has 0 aromatic carbocycles. The maximum atomic E-state index is 10.6. The van der Waals surface area contributed by atoms with E-state index in [-0.39, 0.29) is 12.7 Å². The first-order valence-corrected chi connectivity index (χ1v) is 3.53. The molecule has 0 heterocycles. The van der Waals surface area contributed by atoms with E-state index >= 15 is 0 Å². The van der Waals surface area contributed by atoms with Crippen molar-refractivity contribution < 1.29 is 19.0 Å². The molecule has 1 unspecified atom stereocenters. The Hall–Kier alpha value is -0.770. The Morgan fingerprint density at radius 1 is 1.45 bits per heavy atom. The standard InChI is InChI=1S/C7H14O4/c1-4-10-7(8)11-5-6(2)9-3/h6H,4-5H2,1-3H3. The molecule has 0 fully saturated rings. The molecule has 0 aliphatic carbocycles. The average Bonchev–Trinajstić information content (AvgIpc) is 2.01. The first-order chi connectivity index (χ1) is 5.20. The Balaban J connectivity index is 3.30. The van der Waals surface area contributed by atoms with E-state index in [4.69, 9.17) is 4.74 Å². The first-order valence-electron chi connectivity index (χ1n) is 3.53. The van der Waals surface area contributed by atoms with Crippen LogP contribution in [0.25, 0.3) is 0 Å². The molecular weight excluding hydrogens is 148 g/mol. The molecule has 0 bridgehead atoms. The van der Waals surface area contributed by atoms with Crippen molar-refractivity contribution in [1.82, 2.24) is 0 Å². The van der Waals surface area contributed by atoms with Crippen LogP contribution in [-0.4, -0.2) is 32.6 Å². The van der Waals surface area contributed by atoms with Gasteiger partial charge in [-0.2, -0.15) is 0 Å². The van der Waals surface area contributed by atoms with Gasteiger partial charge in [-0.05, 0) is 13.8 Å². The molecule has 0 radical (unpaired) electrons. The molecule has 11 heavy (non-hydrogen) atoms. The molecule has 0 rings (SSSR count). The summed E-state index contributed by atoms with van der Waals surface area (Å²) in [5.74, 6) is 0. The van der Waals surface area contributed by atoms with Gasteiger partial charge in [0.05, 0.1) is 12.7 Å². The van der Waals surface area contributed by atoms with E-state index in [1.807, 2.05) is 0 Å². The molecule has 66 valence electrons. The second-order valence-corrected chi connectivity index (χ2v) is 2.04. The van der Waals surface area contributed by atoms with E-state index in [1.165, 1.54) is 0 Å². The summed E-state index contributed by atoms with van der Waals surface area (Å²) in [6, 6.07) is 0. The predicted molar refractivity (Wildman–Crippen MR) is 39.4 cm³/mol. The molecule has 1 atom stereocenters. The van der Waals surface area contributed by atoms with Crippen LogP contribution in [0.1, 0.15) is 13.8 Å². The predicted octanol–water partition coefficient (Wildman–Crippen LogP) is 1.19. The van der Waals surface area contributed by atoms with Gasteiger partial charge in [0.2, 0.25) is 0 Å². The highest BCUT2D eigenvalue weighted by molar-refractivity contribution is 5.59. The number of methoxy groups -OCH3 is 1. The van der Waals surface area contributed by atoms with Gasteiger partial charge in [-0.15, -0.1) is 0 Å². The van der Waals surface area contributed by atoms with Crippen LogP contribution in [0.5, 0.6) is 0 Å². The third-order valence-corrected chi connectivity index (χ3v) is 1.10. The molecule has 0 aromatic rings. The summed E-state index contributed by atoms with van der Waals surface area (Å²) in [5.41, 5.74) is 0. The maximum absolute atomic E-state index is 10.6. The molecule has 4 nitrogen and oxygen atoms in total. The van der Waals surface area contributed by atoms with Crippen LogP contribution in [0, 0.1) is 0 Å². The van der Waals surface area contributed by atoms with Crippen molar-refractivity contribution >= 4 is 6.16 Å². The molecule has 0 aliphatic rings. The zero-order valence-electron chi connectivity index (χ0n) is 7.12. The van der Waals surface area contributed by atoms with Crippen molar-refractivity contribution in [3.63, 3.8) is 0 Å². The summed E-state index contributed by atoms with van der Waals surface area (Å²) in [5, 5.41) is 0.